The van der Waals surface area contributed by atoms with Gasteiger partial charge in [0.1, 0.15) is 11.2 Å². The quantitative estimate of drug-likeness (QED) is 0.573. The molecule has 3 heterocycles. The van der Waals surface area contributed by atoms with Crippen molar-refractivity contribution < 1.29 is 4.74 Å². The van der Waals surface area contributed by atoms with Gasteiger partial charge < -0.3 is 15.5 Å². The monoisotopic (exact) mass is 316 g/mol. The number of rotatable bonds is 3. The summed E-state index contributed by atoms with van der Waals surface area (Å²) in [5, 5.41) is 12.5. The number of aromatic nitrogens is 4. The molecule has 1 aliphatic heterocycles. The van der Waals surface area contributed by atoms with Crippen LogP contribution in [0, 0.1) is 11.3 Å². The van der Waals surface area contributed by atoms with Gasteiger partial charge in [-0.1, -0.05) is 0 Å². The molecular formula is C15H20N6O2. The van der Waals surface area contributed by atoms with Gasteiger partial charge in [-0.05, 0) is 25.7 Å². The molecule has 2 aromatic rings. The molecule has 2 aliphatic rings. The highest BCUT2D eigenvalue weighted by Gasteiger charge is 2.36. The van der Waals surface area contributed by atoms with Crippen LogP contribution < -0.4 is 11.3 Å². The average Bonchev–Trinajstić information content (AvgIpc) is 2.91. The molecule has 2 unspecified atom stereocenters. The van der Waals surface area contributed by atoms with Crippen LogP contribution in [0.25, 0.3) is 11.0 Å². The molecule has 1 saturated carbocycles. The number of aromatic amines is 1. The minimum atomic E-state index is -0.169. The second kappa shape index (κ2) is 5.45. The van der Waals surface area contributed by atoms with Gasteiger partial charge >= 0.3 is 0 Å². The van der Waals surface area contributed by atoms with Crippen molar-refractivity contribution in [1.29, 1.82) is 5.41 Å². The smallest absolute Gasteiger partial charge is 0.262 e. The van der Waals surface area contributed by atoms with Gasteiger partial charge in [-0.25, -0.2) is 9.67 Å². The molecule has 0 radical (unpaired) electrons. The van der Waals surface area contributed by atoms with E-state index in [1.54, 1.807) is 6.20 Å². The van der Waals surface area contributed by atoms with E-state index < -0.39 is 0 Å². The highest BCUT2D eigenvalue weighted by molar-refractivity contribution is 5.81. The Kier molecular flexibility index (Phi) is 3.41. The van der Waals surface area contributed by atoms with Crippen LogP contribution in [0.3, 0.4) is 0 Å². The Morgan fingerprint density at radius 1 is 1.35 bits per heavy atom. The molecule has 122 valence electrons. The number of H-pyrrole nitrogens is 1. The summed E-state index contributed by atoms with van der Waals surface area (Å²) in [5.74, 6) is 0.808. The number of nitrogens with two attached hydrogens (primary N) is 1. The summed E-state index contributed by atoms with van der Waals surface area (Å²) in [4.78, 5) is 19.9. The Bertz CT molecular complexity index is 804. The molecule has 0 bridgehead atoms. The van der Waals surface area contributed by atoms with Gasteiger partial charge in [0.15, 0.2) is 5.65 Å². The van der Waals surface area contributed by atoms with Gasteiger partial charge in [0.25, 0.3) is 5.56 Å². The van der Waals surface area contributed by atoms with Crippen molar-refractivity contribution in [1.82, 2.24) is 19.7 Å². The van der Waals surface area contributed by atoms with Crippen molar-refractivity contribution in [3.05, 3.63) is 22.4 Å². The van der Waals surface area contributed by atoms with Crippen LogP contribution in [0.15, 0.2) is 11.0 Å². The first-order valence-electron chi connectivity index (χ1n) is 8.04. The lowest BCUT2D eigenvalue weighted by Crippen LogP contribution is -2.37. The molecule has 8 heteroatoms. The van der Waals surface area contributed by atoms with E-state index in [0.29, 0.717) is 30.1 Å². The normalized spacial score (nSPS) is 25.4. The molecule has 23 heavy (non-hydrogen) atoms. The van der Waals surface area contributed by atoms with E-state index in [1.165, 1.54) is 0 Å². The highest BCUT2D eigenvalue weighted by atomic mass is 16.5. The van der Waals surface area contributed by atoms with Crippen molar-refractivity contribution in [3.63, 3.8) is 0 Å². The predicted molar refractivity (Wildman–Crippen MR) is 84.6 cm³/mol. The molecule has 0 spiro atoms. The topological polar surface area (TPSA) is 123 Å². The number of nitrogens with zero attached hydrogens (tertiary/aromatic N) is 3. The maximum Gasteiger partial charge on any atom is 0.262 e. The molecule has 2 atom stereocenters. The van der Waals surface area contributed by atoms with Crippen molar-refractivity contribution in [2.45, 2.75) is 37.6 Å². The lowest BCUT2D eigenvalue weighted by atomic mass is 9.72. The van der Waals surface area contributed by atoms with Crippen LogP contribution in [-0.4, -0.2) is 38.8 Å². The summed E-state index contributed by atoms with van der Waals surface area (Å²) in [6, 6.07) is 0.216. The van der Waals surface area contributed by atoms with Crippen LogP contribution in [0.5, 0.6) is 0 Å². The first-order chi connectivity index (χ1) is 11.1. The number of hydrogen-bond donors (Lipinski definition) is 3. The van der Waals surface area contributed by atoms with E-state index in [4.69, 9.17) is 15.9 Å². The molecular weight excluding hydrogens is 296 g/mol. The van der Waals surface area contributed by atoms with Crippen molar-refractivity contribution in [2.75, 3.05) is 13.2 Å². The summed E-state index contributed by atoms with van der Waals surface area (Å²) in [6.45, 7) is 1.41. The first kappa shape index (κ1) is 14.4. The molecule has 0 aromatic carbocycles. The van der Waals surface area contributed by atoms with Crippen LogP contribution in [0.4, 0.5) is 0 Å². The summed E-state index contributed by atoms with van der Waals surface area (Å²) < 4.78 is 7.25. The molecule has 0 amide bonds. The lowest BCUT2D eigenvalue weighted by molar-refractivity contribution is 0.0673. The predicted octanol–water partition coefficient (Wildman–Crippen LogP) is 0.901. The fourth-order valence-corrected chi connectivity index (χ4v) is 3.53. The van der Waals surface area contributed by atoms with E-state index in [9.17, 15) is 4.79 Å². The minimum Gasteiger partial charge on any atom is -0.387 e. The SMILES string of the molecule is N=C(N)C1CCC1c1nc2c(cnn2C2CCOCC2)c(=O)[nH]1. The maximum atomic E-state index is 12.4. The van der Waals surface area contributed by atoms with Gasteiger partial charge in [-0.3, -0.25) is 10.2 Å². The average molecular weight is 316 g/mol. The number of fused-ring (bicyclic) bond motifs is 1. The second-order valence-electron chi connectivity index (χ2n) is 6.37. The molecule has 1 aliphatic carbocycles. The molecule has 2 aromatic heterocycles. The van der Waals surface area contributed by atoms with E-state index in [0.717, 1.165) is 25.7 Å². The van der Waals surface area contributed by atoms with Crippen LogP contribution in [0.2, 0.25) is 0 Å². The van der Waals surface area contributed by atoms with Crippen molar-refractivity contribution >= 4 is 16.9 Å². The summed E-state index contributed by atoms with van der Waals surface area (Å²) in [5.41, 5.74) is 6.10. The zero-order valence-corrected chi connectivity index (χ0v) is 12.8. The maximum absolute atomic E-state index is 12.4. The standard InChI is InChI=1S/C15H20N6O2/c16-12(17)9-1-2-10(9)13-19-14-11(15(22)20-13)7-18-21(14)8-3-5-23-6-4-8/h7-10H,1-6H2,(H3,16,17)(H,19,20,22). The largest absolute Gasteiger partial charge is 0.387 e. The van der Waals surface area contributed by atoms with E-state index in [1.807, 2.05) is 4.68 Å². The Morgan fingerprint density at radius 3 is 2.78 bits per heavy atom. The third kappa shape index (κ3) is 2.33. The molecule has 4 rings (SSSR count). The fraction of sp³-hybridized carbons (Fsp3) is 0.600. The second-order valence-corrected chi connectivity index (χ2v) is 6.37. The van der Waals surface area contributed by atoms with E-state index >= 15 is 0 Å². The number of nitrogens with one attached hydrogen (secondary N) is 2. The van der Waals surface area contributed by atoms with Crippen LogP contribution in [0.1, 0.15) is 43.5 Å². The van der Waals surface area contributed by atoms with Crippen LogP contribution in [-0.2, 0) is 4.74 Å². The fourth-order valence-electron chi connectivity index (χ4n) is 3.53. The molecule has 8 nitrogen and oxygen atoms in total. The van der Waals surface area contributed by atoms with Crippen LogP contribution >= 0.6 is 0 Å². The molecule has 1 saturated heterocycles. The Balaban J connectivity index is 1.76. The van der Waals surface area contributed by atoms with Gasteiger partial charge in [-0.15, -0.1) is 0 Å². The molecule has 4 N–H and O–H groups in total. The van der Waals surface area contributed by atoms with Crippen molar-refractivity contribution in [3.8, 4) is 0 Å². The lowest BCUT2D eigenvalue weighted by Gasteiger charge is -2.34. The van der Waals surface area contributed by atoms with Gasteiger partial charge in [-0.2, -0.15) is 5.10 Å². The van der Waals surface area contributed by atoms with Gasteiger partial charge in [0.05, 0.1) is 18.1 Å². The molecule has 2 fully saturated rings. The number of hydrogen-bond acceptors (Lipinski definition) is 5. The summed E-state index contributed by atoms with van der Waals surface area (Å²) in [6.07, 6.45) is 5.11. The van der Waals surface area contributed by atoms with Gasteiger partial charge in [0, 0.05) is 25.0 Å². The Hall–Kier alpha value is -2.22. The Morgan fingerprint density at radius 2 is 2.13 bits per heavy atom. The van der Waals surface area contributed by atoms with E-state index in [2.05, 4.69) is 15.1 Å². The zero-order chi connectivity index (χ0) is 16.0. The third-order valence-electron chi connectivity index (χ3n) is 5.04. The van der Waals surface area contributed by atoms with Gasteiger partial charge in [0.2, 0.25) is 0 Å². The number of ether oxygens (including phenoxy) is 1. The first-order valence-corrected chi connectivity index (χ1v) is 8.04. The van der Waals surface area contributed by atoms with Crippen molar-refractivity contribution in [2.24, 2.45) is 11.7 Å². The number of amidine groups is 1. The zero-order valence-electron chi connectivity index (χ0n) is 12.8. The summed E-state index contributed by atoms with van der Waals surface area (Å²) >= 11 is 0. The summed E-state index contributed by atoms with van der Waals surface area (Å²) in [7, 11) is 0. The Labute approximate surface area is 132 Å². The third-order valence-corrected chi connectivity index (χ3v) is 5.04. The minimum absolute atomic E-state index is 0.0185. The van der Waals surface area contributed by atoms with E-state index in [-0.39, 0.29) is 29.3 Å². The highest BCUT2D eigenvalue weighted by Crippen LogP contribution is 2.40.